The highest BCUT2D eigenvalue weighted by molar-refractivity contribution is 4.88. The van der Waals surface area contributed by atoms with Crippen LogP contribution in [0.2, 0.25) is 0 Å². The van der Waals surface area contributed by atoms with E-state index in [9.17, 15) is 10.2 Å². The predicted octanol–water partition coefficient (Wildman–Crippen LogP) is -3.25. The Kier molecular flexibility index (Phi) is 4.20. The summed E-state index contributed by atoms with van der Waals surface area (Å²) in [6.45, 7) is -0.736. The SMILES string of the molecule is OCOCC1OC(O)C(O)C(O)C1O. The van der Waals surface area contributed by atoms with Crippen LogP contribution in [0.5, 0.6) is 0 Å². The summed E-state index contributed by atoms with van der Waals surface area (Å²) in [7, 11) is 0. The van der Waals surface area contributed by atoms with Crippen molar-refractivity contribution >= 4 is 0 Å². The Morgan fingerprint density at radius 3 is 2.21 bits per heavy atom. The van der Waals surface area contributed by atoms with Gasteiger partial charge in [-0.15, -0.1) is 0 Å². The van der Waals surface area contributed by atoms with Crippen LogP contribution in [0.15, 0.2) is 0 Å². The first-order valence-corrected chi connectivity index (χ1v) is 4.14. The molecule has 1 saturated heterocycles. The number of hydrogen-bond acceptors (Lipinski definition) is 7. The van der Waals surface area contributed by atoms with Gasteiger partial charge in [0.1, 0.15) is 31.2 Å². The summed E-state index contributed by atoms with van der Waals surface area (Å²) in [5.74, 6) is 0. The third-order valence-electron chi connectivity index (χ3n) is 2.06. The molecule has 1 fully saturated rings. The molecule has 1 aliphatic heterocycles. The van der Waals surface area contributed by atoms with Crippen LogP contribution in [0.4, 0.5) is 0 Å². The van der Waals surface area contributed by atoms with Crippen molar-refractivity contribution in [3.63, 3.8) is 0 Å². The van der Waals surface area contributed by atoms with Gasteiger partial charge in [-0.3, -0.25) is 0 Å². The number of aliphatic hydroxyl groups excluding tert-OH is 5. The zero-order chi connectivity index (χ0) is 10.7. The molecule has 5 unspecified atom stereocenters. The number of hydrogen-bond donors (Lipinski definition) is 5. The quantitative estimate of drug-likeness (QED) is 0.310. The van der Waals surface area contributed by atoms with Crippen molar-refractivity contribution < 1.29 is 35.0 Å². The van der Waals surface area contributed by atoms with Crippen LogP contribution in [0, 0.1) is 0 Å². The Balaban J connectivity index is 2.52. The Bertz CT molecular complexity index is 175. The zero-order valence-electron chi connectivity index (χ0n) is 7.35. The largest absolute Gasteiger partial charge is 0.387 e. The minimum atomic E-state index is -1.57. The van der Waals surface area contributed by atoms with Crippen molar-refractivity contribution in [1.29, 1.82) is 0 Å². The van der Waals surface area contributed by atoms with E-state index in [2.05, 4.69) is 4.74 Å². The molecule has 14 heavy (non-hydrogen) atoms. The molecule has 0 aromatic rings. The van der Waals surface area contributed by atoms with Crippen LogP contribution in [-0.2, 0) is 9.47 Å². The molecule has 0 aromatic carbocycles. The summed E-state index contributed by atoms with van der Waals surface area (Å²) in [4.78, 5) is 0. The fourth-order valence-corrected chi connectivity index (χ4v) is 1.24. The summed E-state index contributed by atoms with van der Waals surface area (Å²) >= 11 is 0. The molecule has 1 aliphatic rings. The predicted molar refractivity (Wildman–Crippen MR) is 41.9 cm³/mol. The third kappa shape index (κ3) is 2.39. The van der Waals surface area contributed by atoms with E-state index in [-0.39, 0.29) is 6.61 Å². The third-order valence-corrected chi connectivity index (χ3v) is 2.06. The summed E-state index contributed by atoms with van der Waals surface area (Å²) in [5.41, 5.74) is 0. The Morgan fingerprint density at radius 1 is 1.00 bits per heavy atom. The van der Waals surface area contributed by atoms with Gasteiger partial charge in [0.25, 0.3) is 0 Å². The van der Waals surface area contributed by atoms with Gasteiger partial charge in [0.15, 0.2) is 6.29 Å². The van der Waals surface area contributed by atoms with Crippen LogP contribution < -0.4 is 0 Å². The molecule has 0 saturated carbocycles. The molecule has 1 rings (SSSR count). The first-order valence-electron chi connectivity index (χ1n) is 4.14. The van der Waals surface area contributed by atoms with E-state index < -0.39 is 37.5 Å². The minimum absolute atomic E-state index is 0.182. The Morgan fingerprint density at radius 2 is 1.64 bits per heavy atom. The van der Waals surface area contributed by atoms with Crippen molar-refractivity contribution in [3.05, 3.63) is 0 Å². The highest BCUT2D eigenvalue weighted by atomic mass is 16.7. The van der Waals surface area contributed by atoms with Gasteiger partial charge in [-0.2, -0.15) is 0 Å². The molecule has 0 bridgehead atoms. The molecular weight excluding hydrogens is 196 g/mol. The van der Waals surface area contributed by atoms with E-state index in [0.29, 0.717) is 0 Å². The van der Waals surface area contributed by atoms with Crippen LogP contribution in [-0.4, -0.2) is 69.6 Å². The van der Waals surface area contributed by atoms with E-state index in [0.717, 1.165) is 0 Å². The standard InChI is InChI=1S/C7H14O7/c8-2-13-1-3-4(9)5(10)6(11)7(12)14-3/h3-12H,1-2H2. The fourth-order valence-electron chi connectivity index (χ4n) is 1.24. The monoisotopic (exact) mass is 210 g/mol. The average molecular weight is 210 g/mol. The molecule has 0 radical (unpaired) electrons. The maximum atomic E-state index is 9.34. The normalized spacial score (nSPS) is 43.9. The topological polar surface area (TPSA) is 120 Å². The molecule has 7 nitrogen and oxygen atoms in total. The van der Waals surface area contributed by atoms with Crippen LogP contribution in [0.3, 0.4) is 0 Å². The first-order chi connectivity index (χ1) is 6.57. The zero-order valence-corrected chi connectivity index (χ0v) is 7.35. The van der Waals surface area contributed by atoms with E-state index in [1.807, 2.05) is 0 Å². The van der Waals surface area contributed by atoms with E-state index in [1.54, 1.807) is 0 Å². The van der Waals surface area contributed by atoms with Gasteiger partial charge in [0, 0.05) is 0 Å². The summed E-state index contributed by atoms with van der Waals surface area (Å²) in [6, 6.07) is 0. The van der Waals surface area contributed by atoms with Crippen LogP contribution in [0.1, 0.15) is 0 Å². The molecule has 0 aromatic heterocycles. The van der Waals surface area contributed by atoms with Crippen molar-refractivity contribution in [3.8, 4) is 0 Å². The number of ether oxygens (including phenoxy) is 2. The maximum absolute atomic E-state index is 9.34. The molecule has 0 amide bonds. The highest BCUT2D eigenvalue weighted by Crippen LogP contribution is 2.19. The Hall–Kier alpha value is -0.280. The molecule has 1 heterocycles. The second-order valence-corrected chi connectivity index (χ2v) is 3.04. The van der Waals surface area contributed by atoms with Gasteiger partial charge in [0.2, 0.25) is 0 Å². The maximum Gasteiger partial charge on any atom is 0.184 e. The van der Waals surface area contributed by atoms with Crippen molar-refractivity contribution in [1.82, 2.24) is 0 Å². The fraction of sp³-hybridized carbons (Fsp3) is 1.00. The molecule has 7 heteroatoms. The van der Waals surface area contributed by atoms with Gasteiger partial charge in [-0.25, -0.2) is 0 Å². The Labute approximate surface area is 80.1 Å². The second kappa shape index (κ2) is 4.99. The molecular formula is C7H14O7. The van der Waals surface area contributed by atoms with E-state index in [1.165, 1.54) is 0 Å². The molecule has 0 aliphatic carbocycles. The lowest BCUT2D eigenvalue weighted by Crippen LogP contribution is -2.58. The summed E-state index contributed by atoms with van der Waals surface area (Å²) in [5, 5.41) is 45.1. The average Bonchev–Trinajstić information content (AvgIpc) is 2.18. The van der Waals surface area contributed by atoms with Crippen LogP contribution >= 0.6 is 0 Å². The highest BCUT2D eigenvalue weighted by Gasteiger charge is 2.42. The second-order valence-electron chi connectivity index (χ2n) is 3.04. The number of aliphatic hydroxyl groups is 5. The lowest BCUT2D eigenvalue weighted by atomic mass is 9.99. The molecule has 5 N–H and O–H groups in total. The lowest BCUT2D eigenvalue weighted by molar-refractivity contribution is -0.290. The van der Waals surface area contributed by atoms with E-state index >= 15 is 0 Å². The number of rotatable bonds is 3. The summed E-state index contributed by atoms with van der Waals surface area (Å²) < 4.78 is 9.28. The van der Waals surface area contributed by atoms with Crippen LogP contribution in [0.25, 0.3) is 0 Å². The first kappa shape index (κ1) is 11.8. The molecule has 84 valence electrons. The molecule has 0 spiro atoms. The molecule has 5 atom stereocenters. The van der Waals surface area contributed by atoms with Crippen molar-refractivity contribution in [2.24, 2.45) is 0 Å². The van der Waals surface area contributed by atoms with E-state index in [4.69, 9.17) is 20.1 Å². The van der Waals surface area contributed by atoms with Gasteiger partial charge < -0.3 is 35.0 Å². The van der Waals surface area contributed by atoms with Gasteiger partial charge in [-0.05, 0) is 0 Å². The van der Waals surface area contributed by atoms with Crippen molar-refractivity contribution in [2.45, 2.75) is 30.7 Å². The van der Waals surface area contributed by atoms with Crippen molar-refractivity contribution in [2.75, 3.05) is 13.4 Å². The summed E-state index contributed by atoms with van der Waals surface area (Å²) in [6.07, 6.45) is -6.95. The van der Waals surface area contributed by atoms with Gasteiger partial charge in [-0.1, -0.05) is 0 Å². The lowest BCUT2D eigenvalue weighted by Gasteiger charge is -2.37. The van der Waals surface area contributed by atoms with Gasteiger partial charge in [0.05, 0.1) is 6.61 Å². The minimum Gasteiger partial charge on any atom is -0.387 e. The van der Waals surface area contributed by atoms with Gasteiger partial charge >= 0.3 is 0 Å². The smallest absolute Gasteiger partial charge is 0.184 e.